The summed E-state index contributed by atoms with van der Waals surface area (Å²) in [5.74, 6) is -0.688. The molecular formula is C25H34I2N2O3. The largest absolute Gasteiger partial charge is 0.478 e. The van der Waals surface area contributed by atoms with Gasteiger partial charge in [-0.2, -0.15) is 0 Å². The fourth-order valence-corrected chi connectivity index (χ4v) is 4.41. The molecule has 32 heavy (non-hydrogen) atoms. The highest BCUT2D eigenvalue weighted by Gasteiger charge is 2.17. The molecule has 4 rings (SSSR count). The molecule has 2 aromatic rings. The van der Waals surface area contributed by atoms with Gasteiger partial charge in [0.1, 0.15) is 0 Å². The number of piperidine rings is 2. The van der Waals surface area contributed by atoms with E-state index in [0.29, 0.717) is 5.56 Å². The van der Waals surface area contributed by atoms with Crippen molar-refractivity contribution in [3.05, 3.63) is 66.8 Å². The zero-order chi connectivity index (χ0) is 22.5. The number of carbonyl (C=O) groups is 2. The normalized spacial score (nSPS) is 15.1. The second kappa shape index (κ2) is 16.4. The van der Waals surface area contributed by atoms with Crippen molar-refractivity contribution in [3.63, 3.8) is 0 Å². The maximum Gasteiger partial charge on any atom is 0.335 e. The van der Waals surface area contributed by atoms with E-state index in [9.17, 15) is 9.59 Å². The van der Waals surface area contributed by atoms with Crippen molar-refractivity contribution >= 4 is 57.1 Å². The molecule has 2 heterocycles. The van der Waals surface area contributed by atoms with E-state index in [2.05, 4.69) is 50.5 Å². The van der Waals surface area contributed by atoms with Gasteiger partial charge in [0.2, 0.25) is 0 Å². The predicted molar refractivity (Wildman–Crippen MR) is 148 cm³/mol. The van der Waals surface area contributed by atoms with Gasteiger partial charge in [0.05, 0.1) is 5.56 Å². The minimum atomic E-state index is -0.876. The third kappa shape index (κ3) is 11.1. The van der Waals surface area contributed by atoms with Gasteiger partial charge in [0, 0.05) is 25.8 Å². The predicted octanol–water partition coefficient (Wildman–Crippen LogP) is 6.30. The Morgan fingerprint density at radius 1 is 0.781 bits per heavy atom. The first kappa shape index (κ1) is 28.8. The lowest BCUT2D eigenvalue weighted by Crippen LogP contribution is -2.35. The quantitative estimate of drug-likeness (QED) is 0.370. The average Bonchev–Trinajstić information content (AvgIpc) is 2.81. The first-order valence-corrected chi connectivity index (χ1v) is 12.9. The first-order chi connectivity index (χ1) is 15.0. The highest BCUT2D eigenvalue weighted by molar-refractivity contribution is 14.1. The Hall–Kier alpha value is -1.20. The van der Waals surface area contributed by atoms with Gasteiger partial charge in [-0.25, -0.2) is 4.79 Å². The Bertz CT molecular complexity index is 824. The number of rotatable bonds is 2. The lowest BCUT2D eigenvalue weighted by molar-refractivity contribution is 0.0694. The van der Waals surface area contributed by atoms with Crippen molar-refractivity contribution in [2.75, 3.05) is 26.2 Å². The minimum absolute atomic E-state index is 0. The van der Waals surface area contributed by atoms with Crippen molar-refractivity contribution in [3.8, 4) is 0 Å². The summed E-state index contributed by atoms with van der Waals surface area (Å²) in [6, 6.07) is 14.6. The van der Waals surface area contributed by atoms with Gasteiger partial charge < -0.3 is 15.3 Å². The molecule has 2 N–H and O–H groups in total. The van der Waals surface area contributed by atoms with Crippen molar-refractivity contribution in [1.82, 2.24) is 10.2 Å². The fraction of sp³-hybridized carbons (Fsp3) is 0.440. The molecule has 0 bridgehead atoms. The van der Waals surface area contributed by atoms with E-state index < -0.39 is 5.97 Å². The molecule has 7 heteroatoms. The van der Waals surface area contributed by atoms with Crippen LogP contribution in [0.15, 0.2) is 48.5 Å². The van der Waals surface area contributed by atoms with Crippen molar-refractivity contribution in [2.45, 2.75) is 46.0 Å². The summed E-state index contributed by atoms with van der Waals surface area (Å²) in [6.07, 6.45) is 7.77. The molecule has 0 radical (unpaired) electrons. The summed E-state index contributed by atoms with van der Waals surface area (Å²) in [7, 11) is 0. The smallest absolute Gasteiger partial charge is 0.335 e. The number of nitrogens with zero attached hydrogens (tertiary/aromatic N) is 1. The molecule has 5 nitrogen and oxygen atoms in total. The number of carbonyl (C=O) groups excluding carboxylic acids is 1. The van der Waals surface area contributed by atoms with Crippen LogP contribution >= 0.6 is 45.2 Å². The van der Waals surface area contributed by atoms with E-state index in [1.54, 1.807) is 18.2 Å². The van der Waals surface area contributed by atoms with E-state index >= 15 is 0 Å². The molecule has 0 unspecified atom stereocenters. The third-order valence-electron chi connectivity index (χ3n) is 4.99. The zero-order valence-corrected chi connectivity index (χ0v) is 22.0. The highest BCUT2D eigenvalue weighted by atomic mass is 127. The van der Waals surface area contributed by atoms with Gasteiger partial charge in [-0.1, -0.05) is 26.0 Å². The third-order valence-corrected chi connectivity index (χ3v) is 6.34. The van der Waals surface area contributed by atoms with Crippen LogP contribution in [-0.2, 0) is 0 Å². The standard InChI is InChI=1S/C12H14INO.C7H5IO2.C5H11N.CH4/c13-11-6-4-5-10(9-11)12(15)14-7-2-1-3-8-14;8-6-3-1-2-5(4-6)7(9)10;1-2-4-6-5-3-1;/h4-6,9H,1-3,7-8H2;1-4H,(H,9,10);6H,1-5H2;1H4. The first-order valence-electron chi connectivity index (χ1n) is 10.7. The Labute approximate surface area is 219 Å². The fourth-order valence-electron chi connectivity index (χ4n) is 3.32. The van der Waals surface area contributed by atoms with Crippen LogP contribution in [0.1, 0.15) is 66.7 Å². The zero-order valence-electron chi connectivity index (χ0n) is 17.7. The summed E-state index contributed by atoms with van der Waals surface area (Å²) in [6.45, 7) is 4.34. The molecular weight excluding hydrogens is 630 g/mol. The number of benzene rings is 2. The molecule has 0 saturated carbocycles. The van der Waals surface area contributed by atoms with Gasteiger partial charge in [-0.15, -0.1) is 0 Å². The second-order valence-corrected chi connectivity index (χ2v) is 9.98. The SMILES string of the molecule is C.C1CCNCC1.O=C(O)c1cccc(I)c1.O=C(c1cccc(I)c1)N1CCCCC1. The number of hydrogen-bond acceptors (Lipinski definition) is 3. The topological polar surface area (TPSA) is 69.6 Å². The van der Waals surface area contributed by atoms with Gasteiger partial charge in [0.25, 0.3) is 5.91 Å². The van der Waals surface area contributed by atoms with Crippen molar-refractivity contribution in [1.29, 1.82) is 0 Å². The Morgan fingerprint density at radius 3 is 1.69 bits per heavy atom. The summed E-state index contributed by atoms with van der Waals surface area (Å²) in [4.78, 5) is 24.4. The number of likely N-dealkylation sites (tertiary alicyclic amines) is 1. The van der Waals surface area contributed by atoms with Gasteiger partial charge in [0.15, 0.2) is 0 Å². The van der Waals surface area contributed by atoms with Crippen LogP contribution in [0.5, 0.6) is 0 Å². The summed E-state index contributed by atoms with van der Waals surface area (Å²) >= 11 is 4.31. The van der Waals surface area contributed by atoms with Gasteiger partial charge in [-0.3, -0.25) is 4.79 Å². The number of amides is 1. The van der Waals surface area contributed by atoms with E-state index in [0.717, 1.165) is 38.6 Å². The number of aromatic carboxylic acids is 1. The molecule has 0 aromatic heterocycles. The van der Waals surface area contributed by atoms with Crippen molar-refractivity contribution in [2.24, 2.45) is 0 Å². The number of nitrogens with one attached hydrogen (secondary N) is 1. The lowest BCUT2D eigenvalue weighted by Gasteiger charge is -2.26. The van der Waals surface area contributed by atoms with E-state index in [1.807, 2.05) is 35.2 Å². The monoisotopic (exact) mass is 664 g/mol. The van der Waals surface area contributed by atoms with Crippen LogP contribution in [0.3, 0.4) is 0 Å². The molecule has 2 aliphatic rings. The molecule has 1 amide bonds. The van der Waals surface area contributed by atoms with Crippen LogP contribution in [0.4, 0.5) is 0 Å². The van der Waals surface area contributed by atoms with Crippen LogP contribution in [0, 0.1) is 7.14 Å². The number of carboxylic acids is 1. The van der Waals surface area contributed by atoms with E-state index in [4.69, 9.17) is 5.11 Å². The minimum Gasteiger partial charge on any atom is -0.478 e. The number of hydrogen-bond donors (Lipinski definition) is 2. The Kier molecular flexibility index (Phi) is 14.8. The average molecular weight is 664 g/mol. The van der Waals surface area contributed by atoms with E-state index in [1.165, 1.54) is 38.8 Å². The maximum absolute atomic E-state index is 12.1. The summed E-state index contributed by atoms with van der Waals surface area (Å²) in [5.41, 5.74) is 1.16. The second-order valence-electron chi connectivity index (χ2n) is 7.49. The molecule has 2 fully saturated rings. The summed E-state index contributed by atoms with van der Waals surface area (Å²) < 4.78 is 2.06. The van der Waals surface area contributed by atoms with Crippen molar-refractivity contribution < 1.29 is 14.7 Å². The Morgan fingerprint density at radius 2 is 1.28 bits per heavy atom. The molecule has 0 atom stereocenters. The lowest BCUT2D eigenvalue weighted by atomic mass is 10.1. The highest BCUT2D eigenvalue weighted by Crippen LogP contribution is 2.15. The molecule has 0 aliphatic carbocycles. The van der Waals surface area contributed by atoms with Gasteiger partial charge >= 0.3 is 5.97 Å². The molecule has 2 aromatic carbocycles. The molecule has 2 saturated heterocycles. The van der Waals surface area contributed by atoms with Crippen LogP contribution in [0.2, 0.25) is 0 Å². The number of carboxylic acid groups (broad SMARTS) is 1. The number of halogens is 2. The molecule has 0 spiro atoms. The molecule has 176 valence electrons. The Balaban J connectivity index is 0.000000260. The maximum atomic E-state index is 12.1. The van der Waals surface area contributed by atoms with Crippen LogP contribution in [-0.4, -0.2) is 48.1 Å². The van der Waals surface area contributed by atoms with Crippen LogP contribution in [0.25, 0.3) is 0 Å². The van der Waals surface area contributed by atoms with E-state index in [-0.39, 0.29) is 13.3 Å². The molecule has 2 aliphatic heterocycles. The van der Waals surface area contributed by atoms with Gasteiger partial charge in [-0.05, 0) is 127 Å². The summed E-state index contributed by atoms with van der Waals surface area (Å²) in [5, 5.41) is 11.8. The van der Waals surface area contributed by atoms with Crippen LogP contribution < -0.4 is 5.32 Å².